The standard InChI is InChI=1S/C17H22F2N2O4/c1-17(2,3)25-16(23)20-14-10(8-21(4)15(14)22)13-11(18)6-9(24-5)7-12(13)19/h6-7,10,14H,8H2,1-5H3,(H,20,23)/t10-,14-/m0/s1. The normalized spacial score (nSPS) is 20.6. The average Bonchev–Trinajstić information content (AvgIpc) is 2.72. The number of nitrogens with zero attached hydrogens (tertiary/aromatic N) is 1. The summed E-state index contributed by atoms with van der Waals surface area (Å²) in [7, 11) is 2.80. The van der Waals surface area contributed by atoms with Gasteiger partial charge >= 0.3 is 6.09 Å². The smallest absolute Gasteiger partial charge is 0.408 e. The van der Waals surface area contributed by atoms with E-state index in [1.54, 1.807) is 20.8 Å². The number of amides is 2. The van der Waals surface area contributed by atoms with Crippen molar-refractivity contribution in [3.05, 3.63) is 29.3 Å². The van der Waals surface area contributed by atoms with Gasteiger partial charge in [0.2, 0.25) is 5.91 Å². The van der Waals surface area contributed by atoms with Crippen LogP contribution in [0.3, 0.4) is 0 Å². The summed E-state index contributed by atoms with van der Waals surface area (Å²) in [6, 6.07) is 0.981. The van der Waals surface area contributed by atoms with Gasteiger partial charge in [-0.15, -0.1) is 0 Å². The van der Waals surface area contributed by atoms with Crippen molar-refractivity contribution >= 4 is 12.0 Å². The number of carbonyl (C=O) groups is 2. The summed E-state index contributed by atoms with van der Waals surface area (Å²) < 4.78 is 38.8. The SMILES string of the molecule is COc1cc(F)c([C@@H]2CN(C)C(=O)[C@H]2NC(=O)OC(C)(C)C)c(F)c1. The van der Waals surface area contributed by atoms with Crippen LogP contribution in [0.4, 0.5) is 13.6 Å². The van der Waals surface area contributed by atoms with Gasteiger partial charge in [0.1, 0.15) is 29.0 Å². The highest BCUT2D eigenvalue weighted by molar-refractivity contribution is 5.89. The van der Waals surface area contributed by atoms with Gasteiger partial charge in [-0.25, -0.2) is 13.6 Å². The number of benzene rings is 1. The van der Waals surface area contributed by atoms with Crippen molar-refractivity contribution in [2.24, 2.45) is 0 Å². The number of nitrogens with one attached hydrogen (secondary N) is 1. The van der Waals surface area contributed by atoms with Crippen LogP contribution in [0.15, 0.2) is 12.1 Å². The van der Waals surface area contributed by atoms with Gasteiger partial charge in [0.05, 0.1) is 7.11 Å². The fraction of sp³-hybridized carbons (Fsp3) is 0.529. The van der Waals surface area contributed by atoms with E-state index in [0.29, 0.717) is 0 Å². The largest absolute Gasteiger partial charge is 0.497 e. The van der Waals surface area contributed by atoms with Gasteiger partial charge in [-0.2, -0.15) is 0 Å². The number of alkyl carbamates (subject to hydrolysis) is 1. The first-order valence-corrected chi connectivity index (χ1v) is 7.81. The molecule has 6 nitrogen and oxygen atoms in total. The highest BCUT2D eigenvalue weighted by Gasteiger charge is 2.43. The fourth-order valence-electron chi connectivity index (χ4n) is 2.79. The Morgan fingerprint density at radius 2 is 1.84 bits per heavy atom. The first-order valence-electron chi connectivity index (χ1n) is 7.81. The van der Waals surface area contributed by atoms with Crippen molar-refractivity contribution in [2.45, 2.75) is 38.3 Å². The first-order chi connectivity index (χ1) is 11.5. The molecule has 2 atom stereocenters. The number of halogens is 2. The van der Waals surface area contributed by atoms with Crippen molar-refractivity contribution < 1.29 is 27.8 Å². The zero-order valence-corrected chi connectivity index (χ0v) is 14.9. The van der Waals surface area contributed by atoms with E-state index in [4.69, 9.17) is 9.47 Å². The van der Waals surface area contributed by atoms with Crippen LogP contribution in [-0.4, -0.2) is 49.2 Å². The monoisotopic (exact) mass is 356 g/mol. The van der Waals surface area contributed by atoms with Gasteiger partial charge in [-0.1, -0.05) is 0 Å². The summed E-state index contributed by atoms with van der Waals surface area (Å²) in [5, 5.41) is 2.43. The molecule has 1 fully saturated rings. The number of likely N-dealkylation sites (N-methyl/N-ethyl adjacent to an activating group) is 1. The molecule has 0 aromatic heterocycles. The molecule has 0 bridgehead atoms. The van der Waals surface area contributed by atoms with Gasteiger partial charge in [0.15, 0.2) is 0 Å². The zero-order chi connectivity index (χ0) is 18.9. The quantitative estimate of drug-likeness (QED) is 0.903. The Hall–Kier alpha value is -2.38. The van der Waals surface area contributed by atoms with Crippen molar-refractivity contribution in [3.8, 4) is 5.75 Å². The van der Waals surface area contributed by atoms with E-state index in [1.807, 2.05) is 0 Å². The lowest BCUT2D eigenvalue weighted by molar-refractivity contribution is -0.128. The van der Waals surface area contributed by atoms with Crippen LogP contribution in [0.5, 0.6) is 5.75 Å². The Bertz CT molecular complexity index is 665. The highest BCUT2D eigenvalue weighted by Crippen LogP contribution is 2.33. The maximum absolute atomic E-state index is 14.4. The molecule has 1 heterocycles. The maximum Gasteiger partial charge on any atom is 0.408 e. The molecule has 0 spiro atoms. The van der Waals surface area contributed by atoms with Crippen molar-refractivity contribution in [1.82, 2.24) is 10.2 Å². The lowest BCUT2D eigenvalue weighted by Crippen LogP contribution is -2.45. The van der Waals surface area contributed by atoms with Crippen LogP contribution < -0.4 is 10.1 Å². The molecule has 2 amide bonds. The van der Waals surface area contributed by atoms with Crippen LogP contribution in [-0.2, 0) is 9.53 Å². The van der Waals surface area contributed by atoms with Crippen molar-refractivity contribution in [2.75, 3.05) is 20.7 Å². The number of methoxy groups -OCH3 is 1. The molecule has 1 N–H and O–H groups in total. The van der Waals surface area contributed by atoms with Crippen LogP contribution in [0, 0.1) is 11.6 Å². The highest BCUT2D eigenvalue weighted by atomic mass is 19.1. The van der Waals surface area contributed by atoms with E-state index in [1.165, 1.54) is 19.1 Å². The molecule has 1 aliphatic heterocycles. The molecule has 0 radical (unpaired) electrons. The molecule has 0 unspecified atom stereocenters. The molecule has 138 valence electrons. The van der Waals surface area contributed by atoms with E-state index in [-0.39, 0.29) is 17.9 Å². The molecular weight excluding hydrogens is 334 g/mol. The summed E-state index contributed by atoms with van der Waals surface area (Å²) >= 11 is 0. The van der Waals surface area contributed by atoms with E-state index in [9.17, 15) is 18.4 Å². The molecule has 1 aromatic carbocycles. The summed E-state index contributed by atoms with van der Waals surface area (Å²) in [5.74, 6) is -2.95. The Morgan fingerprint density at radius 3 is 2.32 bits per heavy atom. The summed E-state index contributed by atoms with van der Waals surface area (Å²) in [4.78, 5) is 25.6. The minimum Gasteiger partial charge on any atom is -0.497 e. The minimum atomic E-state index is -1.11. The Kier molecular flexibility index (Phi) is 5.20. The van der Waals surface area contributed by atoms with Gasteiger partial charge in [0.25, 0.3) is 0 Å². The number of likely N-dealkylation sites (tertiary alicyclic amines) is 1. The van der Waals surface area contributed by atoms with Gasteiger partial charge in [0, 0.05) is 37.2 Å². The predicted molar refractivity (Wildman–Crippen MR) is 86.4 cm³/mol. The molecular formula is C17H22F2N2O4. The third-order valence-electron chi connectivity index (χ3n) is 3.85. The third kappa shape index (κ3) is 4.18. The number of carbonyl (C=O) groups excluding carboxylic acids is 2. The van der Waals surface area contributed by atoms with Gasteiger partial charge in [-0.05, 0) is 20.8 Å². The third-order valence-corrected chi connectivity index (χ3v) is 3.85. The zero-order valence-electron chi connectivity index (χ0n) is 14.9. The average molecular weight is 356 g/mol. The van der Waals surface area contributed by atoms with E-state index >= 15 is 0 Å². The van der Waals surface area contributed by atoms with Crippen molar-refractivity contribution in [3.63, 3.8) is 0 Å². The van der Waals surface area contributed by atoms with E-state index in [2.05, 4.69) is 5.32 Å². The number of hydrogen-bond donors (Lipinski definition) is 1. The lowest BCUT2D eigenvalue weighted by Gasteiger charge is -2.24. The maximum atomic E-state index is 14.4. The molecule has 2 rings (SSSR count). The molecule has 0 aliphatic carbocycles. The minimum absolute atomic E-state index is 0.0353. The molecule has 1 aromatic rings. The number of hydrogen-bond acceptors (Lipinski definition) is 4. The Morgan fingerprint density at radius 1 is 1.28 bits per heavy atom. The van der Waals surface area contributed by atoms with Gasteiger partial charge in [-0.3, -0.25) is 4.79 Å². The van der Waals surface area contributed by atoms with Crippen LogP contribution in [0.2, 0.25) is 0 Å². The van der Waals surface area contributed by atoms with E-state index < -0.39 is 41.2 Å². The topological polar surface area (TPSA) is 67.9 Å². The van der Waals surface area contributed by atoms with Crippen molar-refractivity contribution in [1.29, 1.82) is 0 Å². The fourth-order valence-corrected chi connectivity index (χ4v) is 2.79. The van der Waals surface area contributed by atoms with Crippen LogP contribution in [0.1, 0.15) is 32.3 Å². The predicted octanol–water partition coefficient (Wildman–Crippen LogP) is 2.42. The number of rotatable bonds is 3. The first kappa shape index (κ1) is 19.0. The second-order valence-corrected chi connectivity index (χ2v) is 6.95. The van der Waals surface area contributed by atoms with Gasteiger partial charge < -0.3 is 19.7 Å². The molecule has 1 saturated heterocycles. The van der Waals surface area contributed by atoms with Crippen LogP contribution >= 0.6 is 0 Å². The van der Waals surface area contributed by atoms with E-state index in [0.717, 1.165) is 12.1 Å². The summed E-state index contributed by atoms with van der Waals surface area (Å²) in [6.45, 7) is 5.10. The van der Waals surface area contributed by atoms with Crippen LogP contribution in [0.25, 0.3) is 0 Å². The molecule has 25 heavy (non-hydrogen) atoms. The lowest BCUT2D eigenvalue weighted by atomic mass is 9.93. The second kappa shape index (κ2) is 6.85. The number of ether oxygens (including phenoxy) is 2. The summed E-state index contributed by atoms with van der Waals surface area (Å²) in [5.41, 5.74) is -1.02. The molecule has 8 heteroatoms. The summed E-state index contributed by atoms with van der Waals surface area (Å²) in [6.07, 6.45) is -0.819. The Labute approximate surface area is 145 Å². The molecule has 0 saturated carbocycles. The molecule has 1 aliphatic rings. The second-order valence-electron chi connectivity index (χ2n) is 6.95. The Balaban J connectivity index is 2.33.